The molecule has 8 heteroatoms. The summed E-state index contributed by atoms with van der Waals surface area (Å²) >= 11 is 4.69. The van der Waals surface area contributed by atoms with Crippen molar-refractivity contribution in [1.29, 1.82) is 0 Å². The molecule has 2 aromatic carbocycles. The summed E-state index contributed by atoms with van der Waals surface area (Å²) in [4.78, 5) is 14.6. The fourth-order valence-electron chi connectivity index (χ4n) is 4.07. The van der Waals surface area contributed by atoms with Crippen molar-refractivity contribution >= 4 is 33.7 Å². The second-order valence-electron chi connectivity index (χ2n) is 8.69. The molecule has 0 spiro atoms. The van der Waals surface area contributed by atoms with Crippen LogP contribution in [-0.4, -0.2) is 54.7 Å². The molecule has 0 heterocycles. The fraction of sp³-hybridized carbons (Fsp3) is 0.444. The van der Waals surface area contributed by atoms with Gasteiger partial charge in [-0.15, -0.1) is 6.58 Å². The van der Waals surface area contributed by atoms with Gasteiger partial charge < -0.3 is 20.5 Å². The van der Waals surface area contributed by atoms with Crippen molar-refractivity contribution in [2.45, 2.75) is 37.1 Å². The number of carboxylic acid groups (broad SMARTS) is 1. The third kappa shape index (κ3) is 8.34. The Morgan fingerprint density at radius 1 is 1.26 bits per heavy atom. The highest BCUT2D eigenvalue weighted by Gasteiger charge is 2.46. The molecule has 0 bridgehead atoms. The summed E-state index contributed by atoms with van der Waals surface area (Å²) in [7, 11) is 2.10. The highest BCUT2D eigenvalue weighted by atomic mass is 79.9. The minimum absolute atomic E-state index is 0.0386. The van der Waals surface area contributed by atoms with E-state index in [2.05, 4.69) is 34.5 Å². The van der Waals surface area contributed by atoms with Crippen LogP contribution in [0.4, 0.5) is 4.39 Å². The summed E-state index contributed by atoms with van der Waals surface area (Å²) in [5.74, 6) is -1.42. The fourth-order valence-corrected chi connectivity index (χ4v) is 5.19. The van der Waals surface area contributed by atoms with Crippen molar-refractivity contribution in [2.75, 3.05) is 38.8 Å². The van der Waals surface area contributed by atoms with E-state index in [4.69, 9.17) is 10.5 Å². The molecule has 0 aliphatic carbocycles. The zero-order valence-electron chi connectivity index (χ0n) is 20.5. The number of thioether (sulfide) groups is 1. The van der Waals surface area contributed by atoms with Crippen LogP contribution in [0.25, 0.3) is 0 Å². The van der Waals surface area contributed by atoms with Crippen molar-refractivity contribution in [3.05, 3.63) is 76.5 Å². The number of nitrogens with two attached hydrogens (primary N) is 1. The van der Waals surface area contributed by atoms with Crippen molar-refractivity contribution in [2.24, 2.45) is 5.73 Å². The first-order chi connectivity index (χ1) is 16.7. The maximum Gasteiger partial charge on any atom is 0.329 e. The van der Waals surface area contributed by atoms with Crippen molar-refractivity contribution in [3.8, 4) is 5.75 Å². The average Bonchev–Trinajstić information content (AvgIpc) is 2.82. The summed E-state index contributed by atoms with van der Waals surface area (Å²) in [5, 5.41) is 10.1. The zero-order chi connectivity index (χ0) is 25.8. The number of ether oxygens (including phenoxy) is 1. The number of likely N-dealkylation sites (N-methyl/N-ethyl adjacent to an activating group) is 1. The molecular weight excluding hydrogens is 531 g/mol. The molecule has 2 unspecified atom stereocenters. The molecule has 2 rings (SSSR count). The minimum atomic E-state index is -1.92. The summed E-state index contributed by atoms with van der Waals surface area (Å²) in [6, 6.07) is 11.6. The van der Waals surface area contributed by atoms with E-state index >= 15 is 0 Å². The lowest BCUT2D eigenvalue weighted by molar-refractivity contribution is -0.144. The third-order valence-electron chi connectivity index (χ3n) is 6.04. The monoisotopic (exact) mass is 566 g/mol. The van der Waals surface area contributed by atoms with Gasteiger partial charge in [-0.05, 0) is 62.5 Å². The summed E-state index contributed by atoms with van der Waals surface area (Å²) in [6.45, 7) is 6.35. The highest BCUT2D eigenvalue weighted by molar-refractivity contribution is 9.10. The number of nitrogens with zero attached hydrogens (tertiary/aromatic N) is 1. The highest BCUT2D eigenvalue weighted by Crippen LogP contribution is 2.39. The Morgan fingerprint density at radius 3 is 2.54 bits per heavy atom. The molecule has 0 amide bonds. The second-order valence-corrected chi connectivity index (χ2v) is 10.5. The summed E-state index contributed by atoms with van der Waals surface area (Å²) in [6.07, 6.45) is 8.16. The Bertz CT molecular complexity index is 960. The van der Waals surface area contributed by atoms with Gasteiger partial charge in [0.05, 0.1) is 6.61 Å². The van der Waals surface area contributed by atoms with Crippen LogP contribution >= 0.6 is 27.7 Å². The van der Waals surface area contributed by atoms with E-state index in [-0.39, 0.29) is 5.56 Å². The first-order valence-electron chi connectivity index (χ1n) is 11.7. The maximum atomic E-state index is 14.8. The van der Waals surface area contributed by atoms with Gasteiger partial charge in [-0.2, -0.15) is 11.8 Å². The van der Waals surface area contributed by atoms with Gasteiger partial charge in [0.1, 0.15) is 11.6 Å². The smallest absolute Gasteiger partial charge is 0.329 e. The predicted molar refractivity (Wildman–Crippen MR) is 147 cm³/mol. The SMILES string of the molecule is C=CCN(C)CCCCCCOc1ccc(C(CSC)C(N)(C(=O)O)c2ccc(Br)cc2F)cc1. The van der Waals surface area contributed by atoms with E-state index in [9.17, 15) is 14.3 Å². The van der Waals surface area contributed by atoms with Crippen LogP contribution in [0.2, 0.25) is 0 Å². The van der Waals surface area contributed by atoms with Gasteiger partial charge in [-0.1, -0.05) is 53.0 Å². The largest absolute Gasteiger partial charge is 0.494 e. The summed E-state index contributed by atoms with van der Waals surface area (Å²) < 4.78 is 21.2. The lowest BCUT2D eigenvalue weighted by Crippen LogP contribution is -2.51. The van der Waals surface area contributed by atoms with Gasteiger partial charge in [0.15, 0.2) is 5.54 Å². The lowest BCUT2D eigenvalue weighted by Gasteiger charge is -2.34. The van der Waals surface area contributed by atoms with Gasteiger partial charge in [-0.25, -0.2) is 9.18 Å². The molecule has 0 fully saturated rings. The van der Waals surface area contributed by atoms with E-state index in [1.807, 2.05) is 36.6 Å². The molecule has 5 nitrogen and oxygen atoms in total. The van der Waals surface area contributed by atoms with Crippen LogP contribution in [0.15, 0.2) is 59.6 Å². The van der Waals surface area contributed by atoms with Gasteiger partial charge in [0.2, 0.25) is 0 Å². The topological polar surface area (TPSA) is 75.8 Å². The Morgan fingerprint density at radius 2 is 1.94 bits per heavy atom. The first-order valence-corrected chi connectivity index (χ1v) is 13.9. The predicted octanol–water partition coefficient (Wildman–Crippen LogP) is 6.03. The molecule has 2 aromatic rings. The quantitative estimate of drug-likeness (QED) is 0.191. The average molecular weight is 568 g/mol. The van der Waals surface area contributed by atoms with Gasteiger partial charge in [0.25, 0.3) is 0 Å². The molecule has 3 N–H and O–H groups in total. The van der Waals surface area contributed by atoms with Crippen LogP contribution in [-0.2, 0) is 10.3 Å². The number of aliphatic carboxylic acids is 1. The lowest BCUT2D eigenvalue weighted by atomic mass is 9.76. The molecule has 35 heavy (non-hydrogen) atoms. The molecule has 192 valence electrons. The number of halogens is 2. The van der Waals surface area contributed by atoms with Crippen molar-refractivity contribution in [3.63, 3.8) is 0 Å². The van der Waals surface area contributed by atoms with Crippen molar-refractivity contribution < 1.29 is 19.0 Å². The number of carbonyl (C=O) groups is 1. The van der Waals surface area contributed by atoms with E-state index in [1.54, 1.807) is 6.07 Å². The number of rotatable bonds is 16. The second kappa shape index (κ2) is 14.6. The van der Waals surface area contributed by atoms with E-state index < -0.39 is 23.2 Å². The maximum absolute atomic E-state index is 14.8. The van der Waals surface area contributed by atoms with Crippen LogP contribution in [0.5, 0.6) is 5.75 Å². The number of carboxylic acids is 1. The molecule has 0 radical (unpaired) electrons. The Kier molecular flexibility index (Phi) is 12.3. The number of hydrogen-bond donors (Lipinski definition) is 2. The van der Waals surface area contributed by atoms with Crippen LogP contribution in [0, 0.1) is 5.82 Å². The Balaban J connectivity index is 2.03. The van der Waals surface area contributed by atoms with Gasteiger partial charge >= 0.3 is 5.97 Å². The third-order valence-corrected chi connectivity index (χ3v) is 7.20. The normalized spacial score (nSPS) is 13.9. The standard InChI is InChI=1S/C27H36BrFN2O3S/c1-4-15-31(2)16-7-5-6-8-17-34-22-12-9-20(10-13-22)24(19-35-3)27(30,26(32)33)23-14-11-21(28)18-25(23)29/h4,9-14,18,24H,1,5-8,15-17,19,30H2,2-3H3,(H,32,33). The Labute approximate surface area is 221 Å². The number of unbranched alkanes of at least 4 members (excludes halogenated alkanes) is 3. The summed E-state index contributed by atoms with van der Waals surface area (Å²) in [5.41, 5.74) is 5.24. The number of hydrogen-bond acceptors (Lipinski definition) is 5. The van der Waals surface area contributed by atoms with Gasteiger partial charge in [0, 0.05) is 28.3 Å². The van der Waals surface area contributed by atoms with E-state index in [1.165, 1.54) is 23.9 Å². The van der Waals surface area contributed by atoms with Crippen LogP contribution in [0.1, 0.15) is 42.7 Å². The Hall–Kier alpha value is -1.87. The molecular formula is C27H36BrFN2O3S. The van der Waals surface area contributed by atoms with Crippen LogP contribution in [0.3, 0.4) is 0 Å². The van der Waals surface area contributed by atoms with E-state index in [0.717, 1.165) is 50.1 Å². The molecule has 0 aromatic heterocycles. The molecule has 0 saturated heterocycles. The van der Waals surface area contributed by atoms with E-state index in [0.29, 0.717) is 16.8 Å². The van der Waals surface area contributed by atoms with Crippen LogP contribution < -0.4 is 10.5 Å². The molecule has 0 aliphatic rings. The minimum Gasteiger partial charge on any atom is -0.494 e. The number of benzene rings is 2. The zero-order valence-corrected chi connectivity index (χ0v) is 22.9. The van der Waals surface area contributed by atoms with Gasteiger partial charge in [-0.3, -0.25) is 0 Å². The van der Waals surface area contributed by atoms with Crippen molar-refractivity contribution in [1.82, 2.24) is 4.90 Å². The molecule has 2 atom stereocenters. The first kappa shape index (κ1) is 29.4. The molecule has 0 aliphatic heterocycles. The molecule has 0 saturated carbocycles.